The van der Waals surface area contributed by atoms with Crippen LogP contribution in [-0.4, -0.2) is 39.9 Å². The highest BCUT2D eigenvalue weighted by Gasteiger charge is 2.29. The van der Waals surface area contributed by atoms with Crippen molar-refractivity contribution in [3.63, 3.8) is 0 Å². The number of rotatable bonds is 5. The van der Waals surface area contributed by atoms with E-state index >= 15 is 0 Å². The van der Waals surface area contributed by atoms with Crippen LogP contribution in [0, 0.1) is 17.0 Å². The third kappa shape index (κ3) is 3.45. The normalized spacial score (nSPS) is 11.3. The van der Waals surface area contributed by atoms with E-state index in [9.17, 15) is 28.4 Å². The van der Waals surface area contributed by atoms with Crippen LogP contribution in [0.4, 0.5) is 11.4 Å². The highest BCUT2D eigenvalue weighted by Crippen LogP contribution is 2.29. The number of hydrogen-bond acceptors (Lipinski definition) is 7. The molecule has 25 heavy (non-hydrogen) atoms. The second-order valence-electron chi connectivity index (χ2n) is 5.20. The second kappa shape index (κ2) is 6.51. The minimum atomic E-state index is -3.55. The number of carbonyl (C=O) groups excluding carboxylic acids is 1. The Labute approximate surface area is 143 Å². The van der Waals surface area contributed by atoms with Crippen LogP contribution in [0.2, 0.25) is 0 Å². The number of hydrogen-bond donors (Lipinski definition) is 2. The number of nitrogens with one attached hydrogen (secondary N) is 1. The van der Waals surface area contributed by atoms with Crippen LogP contribution in [0.15, 0.2) is 23.1 Å². The molecule has 0 spiro atoms. The van der Waals surface area contributed by atoms with Gasteiger partial charge in [0.05, 0.1) is 21.3 Å². The van der Waals surface area contributed by atoms with E-state index in [0.717, 1.165) is 16.8 Å². The summed E-state index contributed by atoms with van der Waals surface area (Å²) in [4.78, 5) is 22.8. The Morgan fingerprint density at radius 1 is 1.44 bits per heavy atom. The van der Waals surface area contributed by atoms with Gasteiger partial charge < -0.3 is 10.4 Å². The highest BCUT2D eigenvalue weighted by molar-refractivity contribution is 7.91. The minimum Gasteiger partial charge on any atom is -0.506 e. The van der Waals surface area contributed by atoms with Gasteiger partial charge in [0.25, 0.3) is 5.91 Å². The summed E-state index contributed by atoms with van der Waals surface area (Å²) in [5.74, 6) is -1.42. The highest BCUT2D eigenvalue weighted by atomic mass is 32.2. The van der Waals surface area contributed by atoms with Crippen LogP contribution in [-0.2, 0) is 16.9 Å². The number of carbonyl (C=O) groups is 1. The molecule has 0 radical (unpaired) electrons. The lowest BCUT2D eigenvalue weighted by Crippen LogP contribution is -2.18. The third-order valence-corrected chi connectivity index (χ3v) is 5.28. The molecule has 0 atom stereocenters. The molecule has 1 aromatic heterocycles. The molecule has 10 nitrogen and oxygen atoms in total. The van der Waals surface area contributed by atoms with Crippen molar-refractivity contribution in [2.75, 3.05) is 11.1 Å². The largest absolute Gasteiger partial charge is 0.506 e. The average molecular weight is 368 g/mol. The van der Waals surface area contributed by atoms with Gasteiger partial charge in [-0.1, -0.05) is 6.92 Å². The average Bonchev–Trinajstić information content (AvgIpc) is 2.83. The first-order valence-corrected chi connectivity index (χ1v) is 8.78. The van der Waals surface area contributed by atoms with E-state index in [1.807, 2.05) is 0 Å². The summed E-state index contributed by atoms with van der Waals surface area (Å²) in [6.07, 6.45) is 0. The molecule has 11 heteroatoms. The Balaban J connectivity index is 2.46. The van der Waals surface area contributed by atoms with Crippen molar-refractivity contribution >= 4 is 27.1 Å². The number of benzene rings is 1. The van der Waals surface area contributed by atoms with E-state index in [0.29, 0.717) is 0 Å². The zero-order chi connectivity index (χ0) is 18.9. The van der Waals surface area contributed by atoms with Crippen LogP contribution in [0.5, 0.6) is 5.75 Å². The molecule has 0 saturated heterocycles. The molecule has 0 fully saturated rings. The molecule has 0 aliphatic carbocycles. The maximum absolute atomic E-state index is 12.4. The Hall–Kier alpha value is -2.95. The lowest BCUT2D eigenvalue weighted by Gasteiger charge is -2.09. The van der Waals surface area contributed by atoms with Crippen LogP contribution >= 0.6 is 0 Å². The molecule has 134 valence electrons. The number of phenols is 1. The minimum absolute atomic E-state index is 0.0594. The van der Waals surface area contributed by atoms with Gasteiger partial charge in [-0.05, 0) is 25.1 Å². The van der Waals surface area contributed by atoms with Crippen molar-refractivity contribution in [2.24, 2.45) is 7.05 Å². The van der Waals surface area contributed by atoms with Crippen molar-refractivity contribution in [3.8, 4) is 5.75 Å². The number of aromatic nitrogens is 2. The zero-order valence-electron chi connectivity index (χ0n) is 13.7. The Morgan fingerprint density at radius 3 is 2.64 bits per heavy atom. The zero-order valence-corrected chi connectivity index (χ0v) is 14.5. The van der Waals surface area contributed by atoms with Gasteiger partial charge in [-0.15, -0.1) is 0 Å². The molecule has 0 aliphatic heterocycles. The first-order chi connectivity index (χ1) is 11.6. The van der Waals surface area contributed by atoms with Crippen LogP contribution < -0.4 is 5.32 Å². The van der Waals surface area contributed by atoms with Gasteiger partial charge in [0.15, 0.2) is 9.84 Å². The number of nitrogens with zero attached hydrogens (tertiary/aromatic N) is 3. The molecule has 0 bridgehead atoms. The first kappa shape index (κ1) is 18.4. The van der Waals surface area contributed by atoms with Crippen LogP contribution in [0.3, 0.4) is 0 Å². The Kier molecular flexibility index (Phi) is 4.79. The topological polar surface area (TPSA) is 144 Å². The summed E-state index contributed by atoms with van der Waals surface area (Å²) >= 11 is 0. The monoisotopic (exact) mass is 368 g/mol. The number of sulfone groups is 1. The molecular formula is C14H16N4O6S. The molecule has 2 N–H and O–H groups in total. The maximum atomic E-state index is 12.4. The van der Waals surface area contributed by atoms with E-state index < -0.39 is 26.4 Å². The summed E-state index contributed by atoms with van der Waals surface area (Å²) in [5.41, 5.74) is -0.890. The third-order valence-electron chi connectivity index (χ3n) is 3.54. The first-order valence-electron chi connectivity index (χ1n) is 7.13. The van der Waals surface area contributed by atoms with Crippen molar-refractivity contribution in [2.45, 2.75) is 18.7 Å². The van der Waals surface area contributed by atoms with Gasteiger partial charge in [-0.2, -0.15) is 5.10 Å². The Bertz CT molecular complexity index is 964. The van der Waals surface area contributed by atoms with Gasteiger partial charge in [-0.25, -0.2) is 8.42 Å². The van der Waals surface area contributed by atoms with Crippen LogP contribution in [0.1, 0.15) is 23.1 Å². The van der Waals surface area contributed by atoms with Gasteiger partial charge >= 0.3 is 5.69 Å². The fourth-order valence-corrected chi connectivity index (χ4v) is 3.18. The predicted octanol–water partition coefficient (Wildman–Crippen LogP) is 1.39. The van der Waals surface area contributed by atoms with Gasteiger partial charge in [0, 0.05) is 7.05 Å². The summed E-state index contributed by atoms with van der Waals surface area (Å²) in [5, 5.41) is 27.1. The van der Waals surface area contributed by atoms with Crippen molar-refractivity contribution in [1.29, 1.82) is 0 Å². The molecule has 2 aromatic rings. The SMILES string of the molecule is CCS(=O)(=O)c1ccc(O)c(NC(=O)c2c([N+](=O)[O-])c(C)nn2C)c1. The van der Waals surface area contributed by atoms with Crippen molar-refractivity contribution < 1.29 is 23.2 Å². The summed E-state index contributed by atoms with van der Waals surface area (Å²) in [7, 11) is -2.18. The standard InChI is InChI=1S/C14H16N4O6S/c1-4-25(23,24)9-5-6-11(19)10(7-9)15-14(20)13-12(18(21)22)8(2)16-17(13)3/h5-7,19H,4H2,1-3H3,(H,15,20). The molecule has 2 rings (SSSR count). The van der Waals surface area contributed by atoms with E-state index in [4.69, 9.17) is 0 Å². The van der Waals surface area contributed by atoms with Crippen LogP contribution in [0.25, 0.3) is 0 Å². The van der Waals surface area contributed by atoms with Gasteiger partial charge in [0.1, 0.15) is 11.4 Å². The summed E-state index contributed by atoms with van der Waals surface area (Å²) in [6, 6.07) is 3.43. The van der Waals surface area contributed by atoms with E-state index in [2.05, 4.69) is 10.4 Å². The van der Waals surface area contributed by atoms with E-state index in [1.54, 1.807) is 0 Å². The number of anilines is 1. The predicted molar refractivity (Wildman–Crippen MR) is 88.4 cm³/mol. The molecule has 1 amide bonds. The number of nitro groups is 1. The molecule has 0 saturated carbocycles. The number of aryl methyl sites for hydroxylation is 2. The number of phenolic OH excluding ortho intramolecular Hbond substituents is 1. The van der Waals surface area contributed by atoms with E-state index in [-0.39, 0.29) is 33.5 Å². The van der Waals surface area contributed by atoms with Gasteiger partial charge in [-0.3, -0.25) is 19.6 Å². The maximum Gasteiger partial charge on any atom is 0.322 e. The van der Waals surface area contributed by atoms with Gasteiger partial charge in [0.2, 0.25) is 5.69 Å². The van der Waals surface area contributed by atoms with E-state index in [1.165, 1.54) is 27.0 Å². The number of aromatic hydroxyl groups is 1. The fourth-order valence-electron chi connectivity index (χ4n) is 2.28. The quantitative estimate of drug-likeness (QED) is 0.461. The molecule has 0 unspecified atom stereocenters. The molecule has 1 heterocycles. The smallest absolute Gasteiger partial charge is 0.322 e. The lowest BCUT2D eigenvalue weighted by atomic mass is 10.2. The van der Waals surface area contributed by atoms with Crippen molar-refractivity contribution in [1.82, 2.24) is 9.78 Å². The van der Waals surface area contributed by atoms with Crippen molar-refractivity contribution in [3.05, 3.63) is 39.7 Å². The molecule has 0 aliphatic rings. The summed E-state index contributed by atoms with van der Waals surface area (Å²) < 4.78 is 24.9. The molecule has 1 aromatic carbocycles. The number of amides is 1. The lowest BCUT2D eigenvalue weighted by molar-refractivity contribution is -0.385. The fraction of sp³-hybridized carbons (Fsp3) is 0.286. The molecular weight excluding hydrogens is 352 g/mol. The Morgan fingerprint density at radius 2 is 2.08 bits per heavy atom. The second-order valence-corrected chi connectivity index (χ2v) is 7.48. The summed E-state index contributed by atoms with van der Waals surface area (Å²) in [6.45, 7) is 2.85.